The quantitative estimate of drug-likeness (QED) is 0.346. The van der Waals surface area contributed by atoms with Gasteiger partial charge in [0.15, 0.2) is 0 Å². The van der Waals surface area contributed by atoms with E-state index in [2.05, 4.69) is 32.0 Å². The molecule has 1 amide bonds. The van der Waals surface area contributed by atoms with Crippen molar-refractivity contribution in [3.05, 3.63) is 65.5 Å². The molecule has 1 saturated heterocycles. The number of rotatable bonds is 7. The standard InChI is InChI=1S/C26H23F5N4O3/c1-37-20-6-7-35(15-20)8-9-38-22-4-3-17(25-32-14-23(34-25)26(29,30)31)12-21(22)33-24(36)5-2-16-10-18(27)13-19(28)11-16/h3-4,10-14,20H,6-9,15H2,1H3,(H,32,34)(H,33,36). The zero-order valence-electron chi connectivity index (χ0n) is 20.2. The summed E-state index contributed by atoms with van der Waals surface area (Å²) in [6.45, 7) is 2.47. The van der Waals surface area contributed by atoms with Gasteiger partial charge in [0.2, 0.25) is 0 Å². The Labute approximate surface area is 215 Å². The van der Waals surface area contributed by atoms with Gasteiger partial charge in [0, 0.05) is 49.9 Å². The molecule has 2 aromatic carbocycles. The van der Waals surface area contributed by atoms with Gasteiger partial charge in [0.25, 0.3) is 0 Å². The van der Waals surface area contributed by atoms with Crippen LogP contribution in [0.4, 0.5) is 27.6 Å². The number of anilines is 1. The molecule has 7 nitrogen and oxygen atoms in total. The van der Waals surface area contributed by atoms with Crippen molar-refractivity contribution in [3.63, 3.8) is 0 Å². The molecule has 0 saturated carbocycles. The second-order valence-corrected chi connectivity index (χ2v) is 8.51. The summed E-state index contributed by atoms with van der Waals surface area (Å²) in [5, 5.41) is 2.53. The number of aromatic amines is 1. The highest BCUT2D eigenvalue weighted by atomic mass is 19.4. The van der Waals surface area contributed by atoms with E-state index in [1.54, 1.807) is 7.11 Å². The van der Waals surface area contributed by atoms with E-state index in [1.165, 1.54) is 18.2 Å². The summed E-state index contributed by atoms with van der Waals surface area (Å²) in [6, 6.07) is 7.02. The summed E-state index contributed by atoms with van der Waals surface area (Å²) in [5.41, 5.74) is -0.677. The van der Waals surface area contributed by atoms with Crippen LogP contribution in [0, 0.1) is 23.5 Å². The van der Waals surface area contributed by atoms with E-state index in [-0.39, 0.29) is 41.1 Å². The molecular weight excluding hydrogens is 511 g/mol. The van der Waals surface area contributed by atoms with Crippen LogP contribution in [0.2, 0.25) is 0 Å². The average molecular weight is 534 g/mol. The van der Waals surface area contributed by atoms with Crippen molar-refractivity contribution < 1.29 is 36.2 Å². The summed E-state index contributed by atoms with van der Waals surface area (Å²) in [7, 11) is 1.66. The molecule has 1 fully saturated rings. The number of hydrogen-bond donors (Lipinski definition) is 2. The first-order chi connectivity index (χ1) is 18.1. The third kappa shape index (κ3) is 7.08. The lowest BCUT2D eigenvalue weighted by atomic mass is 10.1. The number of carbonyl (C=O) groups excluding carboxylic acids is 1. The van der Waals surface area contributed by atoms with Crippen molar-refractivity contribution in [2.24, 2.45) is 0 Å². The minimum atomic E-state index is -4.60. The number of likely N-dealkylation sites (tertiary alicyclic amines) is 1. The summed E-state index contributed by atoms with van der Waals surface area (Å²) in [6.07, 6.45) is -2.87. The second-order valence-electron chi connectivity index (χ2n) is 8.51. The minimum absolute atomic E-state index is 0.0434. The number of alkyl halides is 3. The molecule has 38 heavy (non-hydrogen) atoms. The molecule has 0 bridgehead atoms. The van der Waals surface area contributed by atoms with E-state index < -0.39 is 29.4 Å². The van der Waals surface area contributed by atoms with Crippen LogP contribution < -0.4 is 10.1 Å². The zero-order chi connectivity index (χ0) is 27.3. The Hall–Kier alpha value is -3.95. The maximum Gasteiger partial charge on any atom is 0.432 e. The van der Waals surface area contributed by atoms with Gasteiger partial charge in [-0.2, -0.15) is 13.2 Å². The lowest BCUT2D eigenvalue weighted by Crippen LogP contribution is -2.27. The lowest BCUT2D eigenvalue weighted by molar-refractivity contribution is -0.140. The molecule has 1 atom stereocenters. The highest BCUT2D eigenvalue weighted by molar-refractivity contribution is 6.05. The fourth-order valence-corrected chi connectivity index (χ4v) is 3.90. The average Bonchev–Trinajstić information content (AvgIpc) is 3.53. The Morgan fingerprint density at radius 1 is 1.21 bits per heavy atom. The van der Waals surface area contributed by atoms with E-state index >= 15 is 0 Å². The van der Waals surface area contributed by atoms with E-state index in [1.807, 2.05) is 0 Å². The smallest absolute Gasteiger partial charge is 0.432 e. The number of halogens is 5. The fourth-order valence-electron chi connectivity index (χ4n) is 3.90. The lowest BCUT2D eigenvalue weighted by Gasteiger charge is -2.17. The van der Waals surface area contributed by atoms with Crippen molar-refractivity contribution in [3.8, 4) is 29.0 Å². The largest absolute Gasteiger partial charge is 0.490 e. The number of methoxy groups -OCH3 is 1. The summed E-state index contributed by atoms with van der Waals surface area (Å²) < 4.78 is 77.0. The fraction of sp³-hybridized carbons (Fsp3) is 0.308. The number of carbonyl (C=O) groups is 1. The Balaban J connectivity index is 1.53. The molecule has 0 radical (unpaired) electrons. The molecule has 1 unspecified atom stereocenters. The number of hydrogen-bond acceptors (Lipinski definition) is 5. The summed E-state index contributed by atoms with van der Waals surface area (Å²) in [5.74, 6) is 2.30. The number of aromatic nitrogens is 2. The predicted molar refractivity (Wildman–Crippen MR) is 128 cm³/mol. The van der Waals surface area contributed by atoms with Crippen LogP contribution in [0.25, 0.3) is 11.4 Å². The number of benzene rings is 2. The van der Waals surface area contributed by atoms with Crippen molar-refractivity contribution in [2.75, 3.05) is 38.7 Å². The van der Waals surface area contributed by atoms with Crippen molar-refractivity contribution in [2.45, 2.75) is 18.7 Å². The van der Waals surface area contributed by atoms with Crippen LogP contribution in [0.15, 0.2) is 42.6 Å². The van der Waals surface area contributed by atoms with Crippen LogP contribution in [0.5, 0.6) is 5.75 Å². The maximum absolute atomic E-state index is 13.4. The van der Waals surface area contributed by atoms with Crippen molar-refractivity contribution >= 4 is 11.6 Å². The molecule has 1 aromatic heterocycles. The van der Waals surface area contributed by atoms with Crippen LogP contribution in [-0.4, -0.2) is 60.2 Å². The topological polar surface area (TPSA) is 79.5 Å². The maximum atomic E-state index is 13.4. The molecule has 4 rings (SSSR count). The normalized spacial score (nSPS) is 15.7. The van der Waals surface area contributed by atoms with Gasteiger partial charge < -0.3 is 19.8 Å². The van der Waals surface area contributed by atoms with Gasteiger partial charge in [-0.15, -0.1) is 0 Å². The van der Waals surface area contributed by atoms with Gasteiger partial charge in [0.1, 0.15) is 35.5 Å². The van der Waals surface area contributed by atoms with Crippen LogP contribution >= 0.6 is 0 Å². The molecule has 2 N–H and O–H groups in total. The van der Waals surface area contributed by atoms with Crippen LogP contribution in [0.3, 0.4) is 0 Å². The molecule has 12 heteroatoms. The van der Waals surface area contributed by atoms with Crippen LogP contribution in [0.1, 0.15) is 17.7 Å². The summed E-state index contributed by atoms with van der Waals surface area (Å²) in [4.78, 5) is 20.7. The molecule has 2 heterocycles. The molecule has 0 spiro atoms. The molecular formula is C26H23F5N4O3. The first kappa shape index (κ1) is 27.1. The number of amides is 1. The van der Waals surface area contributed by atoms with E-state index in [0.29, 0.717) is 18.8 Å². The second kappa shape index (κ2) is 11.6. The third-order valence-corrected chi connectivity index (χ3v) is 5.79. The van der Waals surface area contributed by atoms with Gasteiger partial charge >= 0.3 is 12.1 Å². The number of imidazole rings is 1. The SMILES string of the molecule is COC1CCN(CCOc2ccc(-c3ncc(C(F)(F)F)[nH]3)cc2NC(=O)C#Cc2cc(F)cc(F)c2)C1. The van der Waals surface area contributed by atoms with Gasteiger partial charge in [0.05, 0.1) is 18.0 Å². The number of H-pyrrole nitrogens is 1. The first-order valence-corrected chi connectivity index (χ1v) is 11.5. The van der Waals surface area contributed by atoms with E-state index in [0.717, 1.165) is 31.6 Å². The molecule has 1 aliphatic heterocycles. The zero-order valence-corrected chi connectivity index (χ0v) is 20.2. The minimum Gasteiger partial charge on any atom is -0.490 e. The van der Waals surface area contributed by atoms with E-state index in [4.69, 9.17) is 9.47 Å². The summed E-state index contributed by atoms with van der Waals surface area (Å²) >= 11 is 0. The first-order valence-electron chi connectivity index (χ1n) is 11.5. The van der Waals surface area contributed by atoms with Crippen LogP contribution in [-0.2, 0) is 15.7 Å². The highest BCUT2D eigenvalue weighted by Crippen LogP contribution is 2.33. The number of nitrogens with zero attached hydrogens (tertiary/aromatic N) is 2. The van der Waals surface area contributed by atoms with Gasteiger partial charge in [-0.05, 0) is 36.8 Å². The Bertz CT molecular complexity index is 1340. The number of nitrogens with one attached hydrogen (secondary N) is 2. The Morgan fingerprint density at radius 2 is 1.97 bits per heavy atom. The van der Waals surface area contributed by atoms with Crippen molar-refractivity contribution in [1.82, 2.24) is 14.9 Å². The monoisotopic (exact) mass is 534 g/mol. The number of ether oxygens (including phenoxy) is 2. The van der Waals surface area contributed by atoms with E-state index in [9.17, 15) is 26.7 Å². The molecule has 200 valence electrons. The van der Waals surface area contributed by atoms with Crippen molar-refractivity contribution in [1.29, 1.82) is 0 Å². The molecule has 0 aliphatic carbocycles. The van der Waals surface area contributed by atoms with Gasteiger partial charge in [-0.3, -0.25) is 9.69 Å². The molecule has 1 aliphatic rings. The molecule has 3 aromatic rings. The Morgan fingerprint density at radius 3 is 2.63 bits per heavy atom. The Kier molecular flexibility index (Phi) is 8.29. The van der Waals surface area contributed by atoms with Gasteiger partial charge in [-0.25, -0.2) is 13.8 Å². The predicted octanol–water partition coefficient (Wildman–Crippen LogP) is 4.46. The third-order valence-electron chi connectivity index (χ3n) is 5.79. The highest BCUT2D eigenvalue weighted by Gasteiger charge is 2.33. The van der Waals surface area contributed by atoms with Gasteiger partial charge in [-0.1, -0.05) is 5.92 Å².